The van der Waals surface area contributed by atoms with E-state index in [-0.39, 0.29) is 11.4 Å². The monoisotopic (exact) mass is 281 g/mol. The first-order valence-electron chi connectivity index (χ1n) is 6.21. The Morgan fingerprint density at radius 1 is 1.30 bits per heavy atom. The zero-order valence-corrected chi connectivity index (χ0v) is 11.6. The number of carboxylic acid groups (broad SMARTS) is 1. The van der Waals surface area contributed by atoms with Crippen molar-refractivity contribution >= 4 is 11.9 Å². The van der Waals surface area contributed by atoms with E-state index in [0.717, 1.165) is 6.54 Å². The Balaban J connectivity index is 2.32. The lowest BCUT2D eigenvalue weighted by Gasteiger charge is -2.10. The summed E-state index contributed by atoms with van der Waals surface area (Å²) in [6, 6.07) is 4.29. The van der Waals surface area contributed by atoms with E-state index in [1.807, 2.05) is 19.0 Å². The minimum absolute atomic E-state index is 0.0817. The molecule has 0 radical (unpaired) electrons. The average molecular weight is 281 g/mol. The highest BCUT2D eigenvalue weighted by atomic mass is 16.5. The molecule has 0 bridgehead atoms. The number of nitrogens with one attached hydrogen (secondary N) is 1. The summed E-state index contributed by atoms with van der Waals surface area (Å²) in [5, 5.41) is 11.4. The lowest BCUT2D eigenvalue weighted by atomic mass is 10.3. The number of carboxylic acids is 1. The SMILES string of the molecule is CN(C)CCOCCNC(=O)c1cccc(C(=O)O)n1. The third-order valence-electron chi connectivity index (χ3n) is 2.42. The molecule has 2 N–H and O–H groups in total. The van der Waals surface area contributed by atoms with Crippen molar-refractivity contribution in [1.29, 1.82) is 0 Å². The quantitative estimate of drug-likeness (QED) is 0.656. The number of pyridine rings is 1. The number of carbonyl (C=O) groups excluding carboxylic acids is 1. The van der Waals surface area contributed by atoms with Crippen molar-refractivity contribution in [3.63, 3.8) is 0 Å². The van der Waals surface area contributed by atoms with E-state index in [9.17, 15) is 9.59 Å². The van der Waals surface area contributed by atoms with Gasteiger partial charge in [0.25, 0.3) is 5.91 Å². The van der Waals surface area contributed by atoms with Crippen LogP contribution in [-0.2, 0) is 4.74 Å². The molecule has 7 nitrogen and oxygen atoms in total. The zero-order valence-electron chi connectivity index (χ0n) is 11.6. The molecule has 20 heavy (non-hydrogen) atoms. The molecule has 0 aliphatic rings. The number of aromatic nitrogens is 1. The number of hydrogen-bond donors (Lipinski definition) is 2. The van der Waals surface area contributed by atoms with Crippen LogP contribution in [0.4, 0.5) is 0 Å². The first-order chi connectivity index (χ1) is 9.50. The number of aromatic carboxylic acids is 1. The summed E-state index contributed by atoms with van der Waals surface area (Å²) >= 11 is 0. The van der Waals surface area contributed by atoms with Crippen LogP contribution < -0.4 is 5.32 Å². The Morgan fingerprint density at radius 2 is 2.00 bits per heavy atom. The van der Waals surface area contributed by atoms with Gasteiger partial charge in [-0.25, -0.2) is 9.78 Å². The minimum atomic E-state index is -1.16. The third-order valence-corrected chi connectivity index (χ3v) is 2.42. The van der Waals surface area contributed by atoms with Crippen molar-refractivity contribution < 1.29 is 19.4 Å². The molecule has 0 aliphatic heterocycles. The standard InChI is InChI=1S/C13H19N3O4/c1-16(2)7-9-20-8-6-14-12(17)10-4-3-5-11(15-10)13(18)19/h3-5H,6-9H2,1-2H3,(H,14,17)(H,18,19). The molecule has 0 aliphatic carbocycles. The van der Waals surface area contributed by atoms with Crippen molar-refractivity contribution in [1.82, 2.24) is 15.2 Å². The van der Waals surface area contributed by atoms with E-state index in [4.69, 9.17) is 9.84 Å². The van der Waals surface area contributed by atoms with Gasteiger partial charge in [0.2, 0.25) is 0 Å². The van der Waals surface area contributed by atoms with Crippen molar-refractivity contribution in [3.05, 3.63) is 29.6 Å². The van der Waals surface area contributed by atoms with Crippen LogP contribution in [0.25, 0.3) is 0 Å². The Bertz CT molecular complexity index is 463. The fourth-order valence-electron chi connectivity index (χ4n) is 1.36. The van der Waals surface area contributed by atoms with Gasteiger partial charge in [-0.15, -0.1) is 0 Å². The molecule has 1 aromatic heterocycles. The second-order valence-electron chi connectivity index (χ2n) is 4.38. The summed E-state index contributed by atoms with van der Waals surface area (Å²) < 4.78 is 5.32. The molecular formula is C13H19N3O4. The van der Waals surface area contributed by atoms with Crippen molar-refractivity contribution in [2.45, 2.75) is 0 Å². The molecule has 0 spiro atoms. The van der Waals surface area contributed by atoms with Crippen LogP contribution in [0.3, 0.4) is 0 Å². The summed E-state index contributed by atoms with van der Waals surface area (Å²) in [6.07, 6.45) is 0. The number of nitrogens with zero attached hydrogens (tertiary/aromatic N) is 2. The summed E-state index contributed by atoms with van der Waals surface area (Å²) in [5.74, 6) is -1.57. The fraction of sp³-hybridized carbons (Fsp3) is 0.462. The smallest absolute Gasteiger partial charge is 0.354 e. The van der Waals surface area contributed by atoms with Crippen LogP contribution in [-0.4, -0.2) is 67.3 Å². The second-order valence-corrected chi connectivity index (χ2v) is 4.38. The van der Waals surface area contributed by atoms with Gasteiger partial charge in [0.05, 0.1) is 13.2 Å². The maximum atomic E-state index is 11.7. The van der Waals surface area contributed by atoms with Crippen molar-refractivity contribution in [2.75, 3.05) is 40.4 Å². The first-order valence-corrected chi connectivity index (χ1v) is 6.21. The van der Waals surface area contributed by atoms with Gasteiger partial charge in [0.15, 0.2) is 0 Å². The highest BCUT2D eigenvalue weighted by Crippen LogP contribution is 1.99. The van der Waals surface area contributed by atoms with E-state index in [1.54, 1.807) is 0 Å². The van der Waals surface area contributed by atoms with Crippen LogP contribution in [0, 0.1) is 0 Å². The highest BCUT2D eigenvalue weighted by molar-refractivity contribution is 5.94. The largest absolute Gasteiger partial charge is 0.477 e. The van der Waals surface area contributed by atoms with Gasteiger partial charge in [-0.1, -0.05) is 6.07 Å². The summed E-state index contributed by atoms with van der Waals surface area (Å²) in [7, 11) is 3.90. The van der Waals surface area contributed by atoms with Crippen LogP contribution in [0.2, 0.25) is 0 Å². The predicted octanol–water partition coefficient (Wildman–Crippen LogP) is 0.0878. The minimum Gasteiger partial charge on any atom is -0.477 e. The van der Waals surface area contributed by atoms with Gasteiger partial charge in [0.1, 0.15) is 11.4 Å². The Kier molecular flexibility index (Phi) is 6.61. The van der Waals surface area contributed by atoms with Gasteiger partial charge in [0, 0.05) is 13.1 Å². The molecule has 0 fully saturated rings. The maximum Gasteiger partial charge on any atom is 0.354 e. The Hall–Kier alpha value is -1.99. The second kappa shape index (κ2) is 8.23. The van der Waals surface area contributed by atoms with E-state index < -0.39 is 11.9 Å². The molecular weight excluding hydrogens is 262 g/mol. The van der Waals surface area contributed by atoms with E-state index in [0.29, 0.717) is 19.8 Å². The van der Waals surface area contributed by atoms with Crippen LogP contribution in [0.15, 0.2) is 18.2 Å². The zero-order chi connectivity index (χ0) is 15.0. The predicted molar refractivity (Wildman–Crippen MR) is 72.9 cm³/mol. The lowest BCUT2D eigenvalue weighted by Crippen LogP contribution is -2.29. The molecule has 7 heteroatoms. The molecule has 0 atom stereocenters. The molecule has 1 rings (SSSR count). The van der Waals surface area contributed by atoms with Crippen LogP contribution >= 0.6 is 0 Å². The number of carbonyl (C=O) groups is 2. The van der Waals surface area contributed by atoms with E-state index in [2.05, 4.69) is 10.3 Å². The number of amides is 1. The Morgan fingerprint density at radius 3 is 2.65 bits per heavy atom. The molecule has 110 valence electrons. The molecule has 0 aromatic carbocycles. The lowest BCUT2D eigenvalue weighted by molar-refractivity contribution is 0.0690. The average Bonchev–Trinajstić information content (AvgIpc) is 2.42. The number of ether oxygens (including phenoxy) is 1. The molecule has 1 amide bonds. The third kappa shape index (κ3) is 5.77. The van der Waals surface area contributed by atoms with Crippen LogP contribution in [0.5, 0.6) is 0 Å². The summed E-state index contributed by atoms with van der Waals surface area (Å²) in [4.78, 5) is 28.2. The topological polar surface area (TPSA) is 91.8 Å². The molecule has 0 unspecified atom stereocenters. The molecule has 0 saturated carbocycles. The Labute approximate surface area is 117 Å². The fourth-order valence-corrected chi connectivity index (χ4v) is 1.36. The number of hydrogen-bond acceptors (Lipinski definition) is 5. The van der Waals surface area contributed by atoms with Gasteiger partial charge in [-0.2, -0.15) is 0 Å². The van der Waals surface area contributed by atoms with Gasteiger partial charge < -0.3 is 20.1 Å². The maximum absolute atomic E-state index is 11.7. The van der Waals surface area contributed by atoms with Gasteiger partial charge in [-0.05, 0) is 26.2 Å². The van der Waals surface area contributed by atoms with Crippen molar-refractivity contribution in [3.8, 4) is 0 Å². The highest BCUT2D eigenvalue weighted by Gasteiger charge is 2.10. The number of likely N-dealkylation sites (N-methyl/N-ethyl adjacent to an activating group) is 1. The van der Waals surface area contributed by atoms with Gasteiger partial charge >= 0.3 is 5.97 Å². The number of rotatable bonds is 8. The summed E-state index contributed by atoms with van der Waals surface area (Å²) in [6.45, 7) is 2.16. The van der Waals surface area contributed by atoms with Gasteiger partial charge in [-0.3, -0.25) is 4.79 Å². The first kappa shape index (κ1) is 16.1. The molecule has 1 aromatic rings. The van der Waals surface area contributed by atoms with E-state index >= 15 is 0 Å². The molecule has 0 saturated heterocycles. The normalized spacial score (nSPS) is 10.6. The molecule has 1 heterocycles. The summed E-state index contributed by atoms with van der Waals surface area (Å²) in [5.41, 5.74) is -0.0712. The van der Waals surface area contributed by atoms with E-state index in [1.165, 1.54) is 18.2 Å². The van der Waals surface area contributed by atoms with Crippen LogP contribution in [0.1, 0.15) is 21.0 Å². The van der Waals surface area contributed by atoms with Crippen molar-refractivity contribution in [2.24, 2.45) is 0 Å².